The van der Waals surface area contributed by atoms with Gasteiger partial charge in [-0.25, -0.2) is 9.59 Å². The monoisotopic (exact) mass is 550 g/mol. The van der Waals surface area contributed by atoms with Crippen molar-refractivity contribution in [2.24, 2.45) is 0 Å². The Balaban J connectivity index is 0.000000602. The summed E-state index contributed by atoms with van der Waals surface area (Å²) in [7, 11) is 0. The minimum atomic E-state index is -0.622. The average molecular weight is 551 g/mol. The van der Waals surface area contributed by atoms with E-state index in [2.05, 4.69) is 26.3 Å². The molecule has 0 aliphatic heterocycles. The van der Waals surface area contributed by atoms with Crippen LogP contribution in [0.5, 0.6) is 11.5 Å². The zero-order valence-electron chi connectivity index (χ0n) is 25.2. The summed E-state index contributed by atoms with van der Waals surface area (Å²) in [6.45, 7) is 27.3. The lowest BCUT2D eigenvalue weighted by Crippen LogP contribution is -2.33. The molecule has 0 aliphatic rings. The van der Waals surface area contributed by atoms with Crippen molar-refractivity contribution >= 4 is 24.1 Å². The van der Waals surface area contributed by atoms with Gasteiger partial charge in [-0.15, -0.1) is 0 Å². The van der Waals surface area contributed by atoms with Crippen LogP contribution in [0.3, 0.4) is 0 Å². The molecule has 0 saturated heterocycles. The van der Waals surface area contributed by atoms with Crippen molar-refractivity contribution in [1.82, 2.24) is 0 Å². The van der Waals surface area contributed by atoms with Crippen LogP contribution in [0.4, 0.5) is 0 Å². The normalized spacial score (nSPS) is 10.8. The molecule has 0 saturated carbocycles. The van der Waals surface area contributed by atoms with E-state index < -0.39 is 23.1 Å². The lowest BCUT2D eigenvalue weighted by atomic mass is 9.93. The number of ether oxygens (including phenoxy) is 3. The van der Waals surface area contributed by atoms with Crippen molar-refractivity contribution in [1.29, 1.82) is 0 Å². The third kappa shape index (κ3) is 17.4. The Hall–Kier alpha value is -4.06. The Kier molecular flexibility index (Phi) is 15.1. The summed E-state index contributed by atoms with van der Waals surface area (Å²) in [6.07, 6.45) is 6.96. The highest BCUT2D eigenvalue weighted by atomic mass is 16.6. The molecule has 2 aromatic rings. The summed E-state index contributed by atoms with van der Waals surface area (Å²) in [5.74, 6) is 0.278. The van der Waals surface area contributed by atoms with Gasteiger partial charge in [0.15, 0.2) is 0 Å². The number of carbonyl (C=O) groups excluding carboxylic acids is 2. The van der Waals surface area contributed by atoms with E-state index in [1.165, 1.54) is 0 Å². The second-order valence-electron chi connectivity index (χ2n) is 11.1. The summed E-state index contributed by atoms with van der Waals surface area (Å²) in [5, 5.41) is 8.82. The first-order valence-electron chi connectivity index (χ1n) is 13.0. The summed E-state index contributed by atoms with van der Waals surface area (Å²) in [5.41, 5.74) is 0.760. The standard InChI is InChI=1S/C14H22O4.C12H16O.C8H8O/c1-7-11(15)17-13(3,4)9-10-14(5,6)18-12(16)8-2;1-5-10-6-8-11(9-7-10)13-12(2,3)4;1-2-7-3-5-8(9)6-4-7/h7-8H,1-2,9-10H2,3-6H3;5-9H,1H2,2-4H3;2-6,9H,1H2. The number of phenols is 1. The Morgan fingerprint density at radius 2 is 1.02 bits per heavy atom. The van der Waals surface area contributed by atoms with Crippen LogP contribution in [-0.2, 0) is 19.1 Å². The second-order valence-corrected chi connectivity index (χ2v) is 11.1. The molecule has 2 aromatic carbocycles. The van der Waals surface area contributed by atoms with Crippen molar-refractivity contribution in [3.63, 3.8) is 0 Å². The maximum Gasteiger partial charge on any atom is 0.330 e. The molecule has 6 nitrogen and oxygen atoms in total. The fourth-order valence-corrected chi connectivity index (χ4v) is 2.97. The third-order valence-corrected chi connectivity index (χ3v) is 5.08. The first kappa shape index (κ1) is 35.9. The number of carbonyl (C=O) groups is 2. The quantitative estimate of drug-likeness (QED) is 0.237. The van der Waals surface area contributed by atoms with Gasteiger partial charge < -0.3 is 19.3 Å². The maximum absolute atomic E-state index is 11.1. The van der Waals surface area contributed by atoms with Gasteiger partial charge in [0.05, 0.1) is 0 Å². The minimum Gasteiger partial charge on any atom is -0.508 e. The van der Waals surface area contributed by atoms with Crippen LogP contribution in [-0.4, -0.2) is 33.8 Å². The van der Waals surface area contributed by atoms with Gasteiger partial charge in [-0.1, -0.05) is 62.7 Å². The number of rotatable bonds is 10. The molecule has 0 radical (unpaired) electrons. The molecule has 0 fully saturated rings. The smallest absolute Gasteiger partial charge is 0.330 e. The summed E-state index contributed by atoms with van der Waals surface area (Å²) in [4.78, 5) is 22.3. The van der Waals surface area contributed by atoms with Gasteiger partial charge in [0.2, 0.25) is 0 Å². The Labute approximate surface area is 240 Å². The van der Waals surface area contributed by atoms with Crippen LogP contribution in [0.15, 0.2) is 87.0 Å². The SMILES string of the molecule is C=CC(=O)OC(C)(C)CCC(C)(C)OC(=O)C=C.C=Cc1ccc(O)cc1.C=Cc1ccc(OC(C)(C)C)cc1. The van der Waals surface area contributed by atoms with Crippen LogP contribution in [0.2, 0.25) is 0 Å². The second kappa shape index (κ2) is 16.8. The summed E-state index contributed by atoms with van der Waals surface area (Å²) in [6, 6.07) is 14.8. The third-order valence-electron chi connectivity index (χ3n) is 5.08. The highest BCUT2D eigenvalue weighted by Gasteiger charge is 2.28. The number of hydrogen-bond acceptors (Lipinski definition) is 6. The van der Waals surface area contributed by atoms with Crippen LogP contribution in [0.25, 0.3) is 12.2 Å². The zero-order valence-corrected chi connectivity index (χ0v) is 25.2. The van der Waals surface area contributed by atoms with Gasteiger partial charge in [-0.2, -0.15) is 0 Å². The molecular formula is C34H46O6. The van der Waals surface area contributed by atoms with Crippen molar-refractivity contribution in [2.45, 2.75) is 78.1 Å². The van der Waals surface area contributed by atoms with Crippen LogP contribution >= 0.6 is 0 Å². The molecule has 0 bridgehead atoms. The fraction of sp³-hybridized carbons (Fsp3) is 0.353. The Morgan fingerprint density at radius 3 is 1.32 bits per heavy atom. The number of benzene rings is 2. The minimum absolute atomic E-state index is 0.129. The van der Waals surface area contributed by atoms with E-state index in [4.69, 9.17) is 19.3 Å². The van der Waals surface area contributed by atoms with Gasteiger partial charge in [0.25, 0.3) is 0 Å². The molecule has 2 rings (SSSR count). The first-order valence-corrected chi connectivity index (χ1v) is 13.0. The summed E-state index contributed by atoms with van der Waals surface area (Å²) < 4.78 is 16.1. The Bertz CT molecular complexity index is 1070. The zero-order chi connectivity index (χ0) is 31.0. The molecule has 0 spiro atoms. The van der Waals surface area contributed by atoms with Crippen molar-refractivity contribution in [3.05, 3.63) is 98.1 Å². The van der Waals surface area contributed by atoms with Gasteiger partial charge >= 0.3 is 11.9 Å². The largest absolute Gasteiger partial charge is 0.508 e. The fourth-order valence-electron chi connectivity index (χ4n) is 2.97. The molecule has 0 heterocycles. The molecular weight excluding hydrogens is 504 g/mol. The number of phenolic OH excluding ortho intramolecular Hbond substituents is 1. The number of hydrogen-bond donors (Lipinski definition) is 1. The van der Waals surface area contributed by atoms with E-state index in [0.717, 1.165) is 29.0 Å². The molecule has 0 amide bonds. The van der Waals surface area contributed by atoms with Gasteiger partial charge in [0, 0.05) is 12.2 Å². The predicted octanol–water partition coefficient (Wildman–Crippen LogP) is 8.32. The topological polar surface area (TPSA) is 82.1 Å². The van der Waals surface area contributed by atoms with E-state index >= 15 is 0 Å². The van der Waals surface area contributed by atoms with Crippen LogP contribution in [0, 0.1) is 0 Å². The highest BCUT2D eigenvalue weighted by molar-refractivity contribution is 5.82. The van der Waals surface area contributed by atoms with Crippen molar-refractivity contribution in [2.75, 3.05) is 0 Å². The molecule has 0 aromatic heterocycles. The molecule has 0 unspecified atom stereocenters. The van der Waals surface area contributed by atoms with Gasteiger partial charge in [-0.05, 0) is 96.7 Å². The van der Waals surface area contributed by atoms with E-state index in [0.29, 0.717) is 18.6 Å². The van der Waals surface area contributed by atoms with E-state index in [-0.39, 0.29) is 5.60 Å². The van der Waals surface area contributed by atoms with Crippen molar-refractivity contribution < 1.29 is 28.9 Å². The molecule has 0 atom stereocenters. The first-order chi connectivity index (χ1) is 18.5. The molecule has 1 N–H and O–H groups in total. The molecule has 40 heavy (non-hydrogen) atoms. The van der Waals surface area contributed by atoms with Gasteiger partial charge in [-0.3, -0.25) is 0 Å². The average Bonchev–Trinajstić information content (AvgIpc) is 2.88. The van der Waals surface area contributed by atoms with Crippen molar-refractivity contribution in [3.8, 4) is 11.5 Å². The Morgan fingerprint density at radius 1 is 0.675 bits per heavy atom. The molecule has 0 aliphatic carbocycles. The predicted molar refractivity (Wildman–Crippen MR) is 165 cm³/mol. The van der Waals surface area contributed by atoms with E-state index in [1.54, 1.807) is 45.9 Å². The van der Waals surface area contributed by atoms with Crippen LogP contribution in [0.1, 0.15) is 72.4 Å². The molecule has 6 heteroatoms. The lowest BCUT2D eigenvalue weighted by Gasteiger charge is -2.30. The number of aromatic hydroxyl groups is 1. The maximum atomic E-state index is 11.1. The highest BCUT2D eigenvalue weighted by Crippen LogP contribution is 2.25. The van der Waals surface area contributed by atoms with E-state index in [9.17, 15) is 9.59 Å². The van der Waals surface area contributed by atoms with E-state index in [1.807, 2.05) is 63.2 Å². The molecule has 218 valence electrons. The van der Waals surface area contributed by atoms with Crippen LogP contribution < -0.4 is 4.74 Å². The number of esters is 2. The lowest BCUT2D eigenvalue weighted by molar-refractivity contribution is -0.157. The summed E-state index contributed by atoms with van der Waals surface area (Å²) >= 11 is 0. The van der Waals surface area contributed by atoms with Gasteiger partial charge in [0.1, 0.15) is 28.3 Å².